The van der Waals surface area contributed by atoms with Crippen LogP contribution in [0.25, 0.3) is 10.9 Å². The SMILES string of the molecule is O=C1c2ccccc2CC1c1ccc2ccccc2n1. The molecule has 0 bridgehead atoms. The first kappa shape index (κ1) is 11.4. The molecule has 2 aromatic carbocycles. The second-order valence-electron chi connectivity index (χ2n) is 5.21. The van der Waals surface area contributed by atoms with Crippen molar-refractivity contribution in [3.63, 3.8) is 0 Å². The van der Waals surface area contributed by atoms with Crippen LogP contribution in [-0.4, -0.2) is 10.8 Å². The van der Waals surface area contributed by atoms with Gasteiger partial charge in [-0.1, -0.05) is 48.5 Å². The molecule has 0 radical (unpaired) electrons. The lowest BCUT2D eigenvalue weighted by molar-refractivity contribution is 0.0971. The fraction of sp³-hybridized carbons (Fsp3) is 0.111. The topological polar surface area (TPSA) is 30.0 Å². The van der Waals surface area contributed by atoms with E-state index in [0.29, 0.717) is 0 Å². The van der Waals surface area contributed by atoms with E-state index in [1.54, 1.807) is 0 Å². The molecule has 1 aromatic heterocycles. The predicted octanol–water partition coefficient (Wildman–Crippen LogP) is 3.76. The number of ketones is 1. The summed E-state index contributed by atoms with van der Waals surface area (Å²) in [6, 6.07) is 19.9. The molecule has 0 spiro atoms. The lowest BCUT2D eigenvalue weighted by atomic mass is 9.99. The third-order valence-electron chi connectivity index (χ3n) is 4.00. The average molecular weight is 259 g/mol. The first-order valence-corrected chi connectivity index (χ1v) is 6.81. The van der Waals surface area contributed by atoms with Crippen molar-refractivity contribution in [2.45, 2.75) is 12.3 Å². The van der Waals surface area contributed by atoms with Gasteiger partial charge in [0.25, 0.3) is 0 Å². The van der Waals surface area contributed by atoms with Crippen LogP contribution in [0.4, 0.5) is 0 Å². The highest BCUT2D eigenvalue weighted by Crippen LogP contribution is 2.33. The van der Waals surface area contributed by atoms with Crippen LogP contribution in [0.15, 0.2) is 60.7 Å². The summed E-state index contributed by atoms with van der Waals surface area (Å²) in [6.07, 6.45) is 0.764. The Morgan fingerprint density at radius 3 is 2.60 bits per heavy atom. The Hall–Kier alpha value is -2.48. The number of carbonyl (C=O) groups excluding carboxylic acids is 1. The summed E-state index contributed by atoms with van der Waals surface area (Å²) in [7, 11) is 0. The summed E-state index contributed by atoms with van der Waals surface area (Å²) in [5.74, 6) is 0.0698. The highest BCUT2D eigenvalue weighted by Gasteiger charge is 2.32. The van der Waals surface area contributed by atoms with E-state index in [9.17, 15) is 4.79 Å². The molecular formula is C18H13NO. The first-order valence-electron chi connectivity index (χ1n) is 6.81. The number of rotatable bonds is 1. The van der Waals surface area contributed by atoms with Crippen LogP contribution in [0.1, 0.15) is 27.5 Å². The average Bonchev–Trinajstić information content (AvgIpc) is 2.84. The third-order valence-corrected chi connectivity index (χ3v) is 4.00. The molecule has 1 unspecified atom stereocenters. The molecule has 2 heteroatoms. The van der Waals surface area contributed by atoms with Gasteiger partial charge in [-0.15, -0.1) is 0 Å². The van der Waals surface area contributed by atoms with Crippen LogP contribution in [0, 0.1) is 0 Å². The van der Waals surface area contributed by atoms with E-state index in [1.165, 1.54) is 0 Å². The van der Waals surface area contributed by atoms with Gasteiger partial charge in [-0.2, -0.15) is 0 Å². The normalized spacial score (nSPS) is 17.4. The van der Waals surface area contributed by atoms with E-state index in [2.05, 4.69) is 4.98 Å². The van der Waals surface area contributed by atoms with Crippen LogP contribution < -0.4 is 0 Å². The van der Waals surface area contributed by atoms with E-state index in [-0.39, 0.29) is 11.7 Å². The van der Waals surface area contributed by atoms with Gasteiger partial charge in [0.05, 0.1) is 17.1 Å². The molecule has 2 nitrogen and oxygen atoms in total. The minimum Gasteiger partial charge on any atom is -0.293 e. The highest BCUT2D eigenvalue weighted by atomic mass is 16.1. The van der Waals surface area contributed by atoms with Crippen LogP contribution in [-0.2, 0) is 6.42 Å². The minimum absolute atomic E-state index is 0.128. The van der Waals surface area contributed by atoms with E-state index < -0.39 is 0 Å². The van der Waals surface area contributed by atoms with Crippen molar-refractivity contribution in [2.75, 3.05) is 0 Å². The fourth-order valence-electron chi connectivity index (χ4n) is 2.95. The smallest absolute Gasteiger partial charge is 0.172 e. The second kappa shape index (κ2) is 4.27. The Labute approximate surface area is 117 Å². The molecule has 1 heterocycles. The summed E-state index contributed by atoms with van der Waals surface area (Å²) in [6.45, 7) is 0. The lowest BCUT2D eigenvalue weighted by Crippen LogP contribution is -2.08. The predicted molar refractivity (Wildman–Crippen MR) is 79.0 cm³/mol. The molecule has 96 valence electrons. The number of hydrogen-bond acceptors (Lipinski definition) is 2. The number of fused-ring (bicyclic) bond motifs is 2. The maximum Gasteiger partial charge on any atom is 0.172 e. The van der Waals surface area contributed by atoms with Gasteiger partial charge >= 0.3 is 0 Å². The molecule has 1 atom stereocenters. The summed E-state index contributed by atoms with van der Waals surface area (Å²) >= 11 is 0. The maximum absolute atomic E-state index is 12.5. The summed E-state index contributed by atoms with van der Waals surface area (Å²) < 4.78 is 0. The van der Waals surface area contributed by atoms with Crippen molar-refractivity contribution >= 4 is 16.7 Å². The van der Waals surface area contributed by atoms with Crippen molar-refractivity contribution in [1.82, 2.24) is 4.98 Å². The molecule has 0 saturated carbocycles. The minimum atomic E-state index is -0.128. The van der Waals surface area contributed by atoms with Crippen molar-refractivity contribution in [3.8, 4) is 0 Å². The van der Waals surface area contributed by atoms with Gasteiger partial charge in [-0.25, -0.2) is 0 Å². The molecule has 0 saturated heterocycles. The largest absolute Gasteiger partial charge is 0.293 e. The number of benzene rings is 2. The molecule has 20 heavy (non-hydrogen) atoms. The Morgan fingerprint density at radius 2 is 1.70 bits per heavy atom. The van der Waals surface area contributed by atoms with Crippen molar-refractivity contribution in [2.24, 2.45) is 0 Å². The lowest BCUT2D eigenvalue weighted by Gasteiger charge is -2.08. The van der Waals surface area contributed by atoms with Gasteiger partial charge in [0.2, 0.25) is 0 Å². The number of carbonyl (C=O) groups is 1. The zero-order valence-electron chi connectivity index (χ0n) is 10.9. The van der Waals surface area contributed by atoms with Crippen LogP contribution in [0.5, 0.6) is 0 Å². The van der Waals surface area contributed by atoms with E-state index >= 15 is 0 Å². The Morgan fingerprint density at radius 1 is 0.900 bits per heavy atom. The molecule has 0 fully saturated rings. The molecule has 0 N–H and O–H groups in total. The molecule has 0 amide bonds. The van der Waals surface area contributed by atoms with E-state index in [1.807, 2.05) is 60.7 Å². The van der Waals surface area contributed by atoms with E-state index in [4.69, 9.17) is 0 Å². The number of nitrogens with zero attached hydrogens (tertiary/aromatic N) is 1. The molecule has 1 aliphatic rings. The molecule has 3 aromatic rings. The van der Waals surface area contributed by atoms with Crippen molar-refractivity contribution in [1.29, 1.82) is 0 Å². The third kappa shape index (κ3) is 1.65. The molecular weight excluding hydrogens is 246 g/mol. The van der Waals surface area contributed by atoms with Gasteiger partial charge in [-0.3, -0.25) is 9.78 Å². The van der Waals surface area contributed by atoms with Gasteiger partial charge in [0, 0.05) is 10.9 Å². The summed E-state index contributed by atoms with van der Waals surface area (Å²) in [4.78, 5) is 17.2. The number of pyridine rings is 1. The molecule has 4 rings (SSSR count). The van der Waals surface area contributed by atoms with Gasteiger partial charge in [0.1, 0.15) is 0 Å². The summed E-state index contributed by atoms with van der Waals surface area (Å²) in [5, 5.41) is 1.11. The van der Waals surface area contributed by atoms with Gasteiger partial charge < -0.3 is 0 Å². The van der Waals surface area contributed by atoms with Crippen molar-refractivity contribution in [3.05, 3.63) is 77.5 Å². The number of Topliss-reactive ketones (excluding diaryl/α,β-unsaturated/α-hetero) is 1. The monoisotopic (exact) mass is 259 g/mol. The fourth-order valence-corrected chi connectivity index (χ4v) is 2.95. The molecule has 1 aliphatic carbocycles. The number of hydrogen-bond donors (Lipinski definition) is 0. The van der Waals surface area contributed by atoms with Gasteiger partial charge in [-0.05, 0) is 24.1 Å². The van der Waals surface area contributed by atoms with E-state index in [0.717, 1.165) is 34.1 Å². The summed E-state index contributed by atoms with van der Waals surface area (Å²) in [5.41, 5.74) is 3.82. The maximum atomic E-state index is 12.5. The van der Waals surface area contributed by atoms with Crippen LogP contribution >= 0.6 is 0 Å². The van der Waals surface area contributed by atoms with Crippen molar-refractivity contribution < 1.29 is 4.79 Å². The number of aromatic nitrogens is 1. The van der Waals surface area contributed by atoms with Crippen LogP contribution in [0.2, 0.25) is 0 Å². The Balaban J connectivity index is 1.80. The van der Waals surface area contributed by atoms with Crippen LogP contribution in [0.3, 0.4) is 0 Å². The quantitative estimate of drug-likeness (QED) is 0.666. The Bertz CT molecular complexity index is 822. The number of para-hydroxylation sites is 1. The Kier molecular flexibility index (Phi) is 2.43. The second-order valence-corrected chi connectivity index (χ2v) is 5.21. The standard InChI is InChI=1S/C18H13NO/c20-18-14-7-3-1-6-13(14)11-15(18)17-10-9-12-5-2-4-8-16(12)19-17/h1-10,15H,11H2. The zero-order valence-corrected chi connectivity index (χ0v) is 10.9. The first-order chi connectivity index (χ1) is 9.83. The zero-order chi connectivity index (χ0) is 13.5. The van der Waals surface area contributed by atoms with Gasteiger partial charge in [0.15, 0.2) is 5.78 Å². The molecule has 0 aliphatic heterocycles. The highest BCUT2D eigenvalue weighted by molar-refractivity contribution is 6.05.